The molecule has 31 heavy (non-hydrogen) atoms. The maximum absolute atomic E-state index is 13.0. The normalized spacial score (nSPS) is 21.4. The summed E-state index contributed by atoms with van der Waals surface area (Å²) in [6, 6.07) is 7.93. The van der Waals surface area contributed by atoms with Crippen LogP contribution in [0.1, 0.15) is 69.2 Å². The number of piperidine rings is 1. The average Bonchev–Trinajstić information content (AvgIpc) is 3.10. The molecule has 1 saturated heterocycles. The molecule has 1 saturated carbocycles. The molecule has 0 radical (unpaired) electrons. The summed E-state index contributed by atoms with van der Waals surface area (Å²) in [5.41, 5.74) is 1.83. The molecule has 1 unspecified atom stereocenters. The van der Waals surface area contributed by atoms with Crippen LogP contribution in [0.15, 0.2) is 28.7 Å². The minimum absolute atomic E-state index is 0.0683. The van der Waals surface area contributed by atoms with Gasteiger partial charge in [-0.05, 0) is 57.4 Å². The SMILES string of the molecule is Cc1oc(-c2cccc(Cl)c2)nc1CN1CCCC(C(=O)NC2CCCCCCC2)C1. The van der Waals surface area contributed by atoms with Crippen LogP contribution < -0.4 is 5.32 Å². The zero-order valence-corrected chi connectivity index (χ0v) is 19.3. The number of carbonyl (C=O) groups excluding carboxylic acids is 1. The number of likely N-dealkylation sites (tertiary alicyclic amines) is 1. The number of hydrogen-bond donors (Lipinski definition) is 1. The van der Waals surface area contributed by atoms with E-state index in [0.717, 1.165) is 55.8 Å². The predicted molar refractivity (Wildman–Crippen MR) is 124 cm³/mol. The van der Waals surface area contributed by atoms with Gasteiger partial charge in [0, 0.05) is 29.7 Å². The molecule has 1 aliphatic heterocycles. The number of nitrogens with one attached hydrogen (secondary N) is 1. The van der Waals surface area contributed by atoms with Gasteiger partial charge in [0.05, 0.1) is 11.6 Å². The van der Waals surface area contributed by atoms with Crippen LogP contribution >= 0.6 is 11.6 Å². The van der Waals surface area contributed by atoms with Crippen molar-refractivity contribution in [2.75, 3.05) is 13.1 Å². The van der Waals surface area contributed by atoms with E-state index in [4.69, 9.17) is 21.0 Å². The van der Waals surface area contributed by atoms with Crippen molar-refractivity contribution in [2.24, 2.45) is 5.92 Å². The van der Waals surface area contributed by atoms with E-state index in [1.807, 2.05) is 31.2 Å². The Kier molecular flexibility index (Phi) is 7.67. The number of halogens is 1. The molecule has 168 valence electrons. The molecular formula is C25H34ClN3O2. The predicted octanol–water partition coefficient (Wildman–Crippen LogP) is 5.74. The van der Waals surface area contributed by atoms with E-state index in [1.54, 1.807) is 0 Å². The van der Waals surface area contributed by atoms with Gasteiger partial charge in [0.1, 0.15) is 5.76 Å². The van der Waals surface area contributed by atoms with Crippen molar-refractivity contribution in [3.8, 4) is 11.5 Å². The maximum Gasteiger partial charge on any atom is 0.226 e. The van der Waals surface area contributed by atoms with Gasteiger partial charge in [-0.2, -0.15) is 0 Å². The number of nitrogens with zero attached hydrogens (tertiary/aromatic N) is 2. The molecule has 0 spiro atoms. The summed E-state index contributed by atoms with van der Waals surface area (Å²) >= 11 is 6.11. The monoisotopic (exact) mass is 443 g/mol. The Morgan fingerprint density at radius 1 is 1.16 bits per heavy atom. The zero-order chi connectivity index (χ0) is 21.6. The molecule has 1 N–H and O–H groups in total. The number of carbonyl (C=O) groups is 1. The number of aromatic nitrogens is 1. The van der Waals surface area contributed by atoms with E-state index in [-0.39, 0.29) is 11.8 Å². The number of oxazole rings is 1. The quantitative estimate of drug-likeness (QED) is 0.639. The van der Waals surface area contributed by atoms with Gasteiger partial charge in [0.15, 0.2) is 0 Å². The largest absolute Gasteiger partial charge is 0.441 e. The minimum atomic E-state index is 0.0683. The van der Waals surface area contributed by atoms with E-state index >= 15 is 0 Å². The second-order valence-corrected chi connectivity index (χ2v) is 9.59. The molecule has 6 heteroatoms. The standard InChI is InChI=1S/C25H34ClN3O2/c1-18-23(28-25(31-18)19-9-7-11-21(26)15-19)17-29-14-8-10-20(16-29)24(30)27-22-12-5-3-2-4-6-13-22/h7,9,11,15,20,22H,2-6,8,10,12-14,16-17H2,1H3,(H,27,30). The van der Waals surface area contributed by atoms with E-state index in [1.165, 1.54) is 32.1 Å². The molecular weight excluding hydrogens is 410 g/mol. The number of aryl methyl sites for hydroxylation is 1. The molecule has 2 fully saturated rings. The fourth-order valence-corrected chi connectivity index (χ4v) is 5.05. The first-order valence-electron chi connectivity index (χ1n) is 11.8. The Morgan fingerprint density at radius 3 is 2.71 bits per heavy atom. The van der Waals surface area contributed by atoms with Crippen LogP contribution in [0.25, 0.3) is 11.5 Å². The topological polar surface area (TPSA) is 58.4 Å². The van der Waals surface area contributed by atoms with Gasteiger partial charge >= 0.3 is 0 Å². The lowest BCUT2D eigenvalue weighted by atomic mass is 9.94. The summed E-state index contributed by atoms with van der Waals surface area (Å²) < 4.78 is 5.92. The third kappa shape index (κ3) is 6.11. The highest BCUT2D eigenvalue weighted by Gasteiger charge is 2.28. The summed E-state index contributed by atoms with van der Waals surface area (Å²) in [6.07, 6.45) is 10.7. The smallest absolute Gasteiger partial charge is 0.226 e. The molecule has 1 aromatic carbocycles. The minimum Gasteiger partial charge on any atom is -0.441 e. The summed E-state index contributed by atoms with van der Waals surface area (Å²) in [5.74, 6) is 1.74. The van der Waals surface area contributed by atoms with Crippen LogP contribution in [0.4, 0.5) is 0 Å². The first-order chi connectivity index (χ1) is 15.1. The highest BCUT2D eigenvalue weighted by Crippen LogP contribution is 2.26. The highest BCUT2D eigenvalue weighted by atomic mass is 35.5. The fourth-order valence-electron chi connectivity index (χ4n) is 4.86. The molecule has 2 heterocycles. The van der Waals surface area contributed by atoms with Crippen molar-refractivity contribution in [1.82, 2.24) is 15.2 Å². The molecule has 5 nitrogen and oxygen atoms in total. The van der Waals surface area contributed by atoms with Crippen LogP contribution in [-0.2, 0) is 11.3 Å². The van der Waals surface area contributed by atoms with Crippen LogP contribution in [-0.4, -0.2) is 34.9 Å². The number of rotatable bonds is 5. The van der Waals surface area contributed by atoms with Gasteiger partial charge in [-0.25, -0.2) is 4.98 Å². The lowest BCUT2D eigenvalue weighted by Gasteiger charge is -2.32. The van der Waals surface area contributed by atoms with Gasteiger partial charge in [0.2, 0.25) is 11.8 Å². The average molecular weight is 444 g/mol. The molecule has 1 aliphatic carbocycles. The molecule has 2 aromatic rings. The van der Waals surface area contributed by atoms with E-state index in [0.29, 0.717) is 23.5 Å². The third-order valence-electron chi connectivity index (χ3n) is 6.67. The summed E-state index contributed by atoms with van der Waals surface area (Å²) in [6.45, 7) is 4.45. The van der Waals surface area contributed by atoms with Crippen molar-refractivity contribution in [3.63, 3.8) is 0 Å². The second-order valence-electron chi connectivity index (χ2n) is 9.16. The molecule has 2 aliphatic rings. The second kappa shape index (κ2) is 10.6. The summed E-state index contributed by atoms with van der Waals surface area (Å²) in [4.78, 5) is 20.0. The number of hydrogen-bond acceptors (Lipinski definition) is 4. The van der Waals surface area contributed by atoms with Gasteiger partial charge < -0.3 is 9.73 Å². The first-order valence-corrected chi connectivity index (χ1v) is 12.2. The van der Waals surface area contributed by atoms with Crippen LogP contribution in [0.2, 0.25) is 5.02 Å². The summed E-state index contributed by atoms with van der Waals surface area (Å²) in [5, 5.41) is 4.04. The van der Waals surface area contributed by atoms with Crippen molar-refractivity contribution < 1.29 is 9.21 Å². The highest BCUT2D eigenvalue weighted by molar-refractivity contribution is 6.30. The molecule has 1 atom stereocenters. The van der Waals surface area contributed by atoms with Crippen molar-refractivity contribution >= 4 is 17.5 Å². The van der Waals surface area contributed by atoms with Gasteiger partial charge in [0.25, 0.3) is 0 Å². The first kappa shape index (κ1) is 22.3. The van der Waals surface area contributed by atoms with Gasteiger partial charge in [-0.15, -0.1) is 0 Å². The summed E-state index contributed by atoms with van der Waals surface area (Å²) in [7, 11) is 0. The van der Waals surface area contributed by atoms with Crippen LogP contribution in [0.3, 0.4) is 0 Å². The lowest BCUT2D eigenvalue weighted by molar-refractivity contribution is -0.127. The van der Waals surface area contributed by atoms with Crippen LogP contribution in [0, 0.1) is 12.8 Å². The van der Waals surface area contributed by atoms with Gasteiger partial charge in [-0.1, -0.05) is 49.8 Å². The molecule has 1 amide bonds. The molecule has 4 rings (SSSR count). The van der Waals surface area contributed by atoms with E-state index < -0.39 is 0 Å². The Balaban J connectivity index is 1.35. The fraction of sp³-hybridized carbons (Fsp3) is 0.600. The molecule has 0 bridgehead atoms. The third-order valence-corrected chi connectivity index (χ3v) is 6.90. The van der Waals surface area contributed by atoms with Crippen molar-refractivity contribution in [3.05, 3.63) is 40.7 Å². The Bertz CT molecular complexity index is 873. The Hall–Kier alpha value is -1.85. The zero-order valence-electron chi connectivity index (χ0n) is 18.5. The van der Waals surface area contributed by atoms with Crippen molar-refractivity contribution in [1.29, 1.82) is 0 Å². The van der Waals surface area contributed by atoms with E-state index in [9.17, 15) is 4.79 Å². The molecule has 1 aromatic heterocycles. The lowest BCUT2D eigenvalue weighted by Crippen LogP contribution is -2.45. The van der Waals surface area contributed by atoms with Crippen LogP contribution in [0.5, 0.6) is 0 Å². The van der Waals surface area contributed by atoms with Gasteiger partial charge in [-0.3, -0.25) is 9.69 Å². The maximum atomic E-state index is 13.0. The van der Waals surface area contributed by atoms with Crippen molar-refractivity contribution in [2.45, 2.75) is 77.3 Å². The Labute approximate surface area is 190 Å². The Morgan fingerprint density at radius 2 is 1.94 bits per heavy atom. The number of amides is 1. The number of benzene rings is 1. The van der Waals surface area contributed by atoms with E-state index in [2.05, 4.69) is 10.2 Å².